The monoisotopic (exact) mass is 128 g/mol. The van der Waals surface area contributed by atoms with Crippen LogP contribution in [-0.4, -0.2) is 6.61 Å². The zero-order valence-corrected chi connectivity index (χ0v) is 6.55. The summed E-state index contributed by atoms with van der Waals surface area (Å²) in [4.78, 5) is 0. The number of rotatable bonds is 4. The molecule has 0 fully saturated rings. The van der Waals surface area contributed by atoms with Gasteiger partial charge in [-0.05, 0) is 11.8 Å². The fourth-order valence-corrected chi connectivity index (χ4v) is 0.412. The molecule has 9 heavy (non-hydrogen) atoms. The third-order valence-electron chi connectivity index (χ3n) is 1.62. The van der Waals surface area contributed by atoms with E-state index in [9.17, 15) is 0 Å². The van der Waals surface area contributed by atoms with Crippen LogP contribution in [0.3, 0.4) is 0 Å². The third-order valence-corrected chi connectivity index (χ3v) is 1.62. The first-order valence-corrected chi connectivity index (χ1v) is 3.41. The average Bonchev–Trinajstić information content (AvgIpc) is 1.82. The minimum Gasteiger partial charge on any atom is -0.502 e. The van der Waals surface area contributed by atoms with Crippen molar-refractivity contribution >= 4 is 0 Å². The molecule has 0 N–H and O–H groups in total. The molecule has 0 aliphatic heterocycles. The van der Waals surface area contributed by atoms with Gasteiger partial charge in [0.2, 0.25) is 0 Å². The summed E-state index contributed by atoms with van der Waals surface area (Å²) < 4.78 is 5.02. The summed E-state index contributed by atoms with van der Waals surface area (Å²) in [6.07, 6.45) is 1.50. The van der Waals surface area contributed by atoms with Crippen LogP contribution in [0.15, 0.2) is 12.8 Å². The second-order valence-corrected chi connectivity index (χ2v) is 2.72. The molecule has 1 nitrogen and oxygen atoms in total. The van der Waals surface area contributed by atoms with Gasteiger partial charge in [0.15, 0.2) is 0 Å². The van der Waals surface area contributed by atoms with Gasteiger partial charge in [-0.2, -0.15) is 0 Å². The van der Waals surface area contributed by atoms with Crippen molar-refractivity contribution in [3.8, 4) is 0 Å². The van der Waals surface area contributed by atoms with Crippen LogP contribution in [0.2, 0.25) is 0 Å². The smallest absolute Gasteiger partial charge is 0.0900 e. The van der Waals surface area contributed by atoms with Crippen LogP contribution < -0.4 is 0 Å². The van der Waals surface area contributed by atoms with E-state index in [1.807, 2.05) is 0 Å². The molecule has 0 radical (unpaired) electrons. The van der Waals surface area contributed by atoms with E-state index in [-0.39, 0.29) is 0 Å². The van der Waals surface area contributed by atoms with Crippen molar-refractivity contribution in [3.63, 3.8) is 0 Å². The van der Waals surface area contributed by atoms with Crippen molar-refractivity contribution in [2.75, 3.05) is 6.61 Å². The third kappa shape index (κ3) is 4.07. The van der Waals surface area contributed by atoms with Crippen LogP contribution in [0.4, 0.5) is 0 Å². The number of hydrogen-bond acceptors (Lipinski definition) is 1. The zero-order chi connectivity index (χ0) is 7.28. The van der Waals surface area contributed by atoms with E-state index in [0.717, 1.165) is 6.61 Å². The lowest BCUT2D eigenvalue weighted by molar-refractivity contribution is 0.176. The summed E-state index contributed by atoms with van der Waals surface area (Å²) in [5.41, 5.74) is 0. The molecule has 1 unspecified atom stereocenters. The fraction of sp³-hybridized carbons (Fsp3) is 0.750. The van der Waals surface area contributed by atoms with Crippen molar-refractivity contribution < 1.29 is 4.74 Å². The quantitative estimate of drug-likeness (QED) is 0.528. The SMILES string of the molecule is C=COCC(C)C(C)C. The van der Waals surface area contributed by atoms with Gasteiger partial charge >= 0.3 is 0 Å². The molecular formula is C8H16O. The molecule has 0 aliphatic rings. The predicted octanol–water partition coefficient (Wildman–Crippen LogP) is 2.44. The zero-order valence-electron chi connectivity index (χ0n) is 6.55. The largest absolute Gasteiger partial charge is 0.502 e. The van der Waals surface area contributed by atoms with E-state index in [1.54, 1.807) is 0 Å². The highest BCUT2D eigenvalue weighted by Crippen LogP contribution is 2.08. The minimum absolute atomic E-state index is 0.628. The highest BCUT2D eigenvalue weighted by Gasteiger charge is 2.05. The average molecular weight is 128 g/mol. The van der Waals surface area contributed by atoms with Crippen LogP contribution in [0.5, 0.6) is 0 Å². The molecule has 0 aromatic heterocycles. The Hall–Kier alpha value is -0.460. The van der Waals surface area contributed by atoms with Crippen LogP contribution in [-0.2, 0) is 4.74 Å². The predicted molar refractivity (Wildman–Crippen MR) is 40.2 cm³/mol. The lowest BCUT2D eigenvalue weighted by Crippen LogP contribution is -2.09. The van der Waals surface area contributed by atoms with Gasteiger partial charge in [0.25, 0.3) is 0 Å². The highest BCUT2D eigenvalue weighted by atomic mass is 16.5. The van der Waals surface area contributed by atoms with Gasteiger partial charge < -0.3 is 4.74 Å². The molecule has 0 aliphatic carbocycles. The first kappa shape index (κ1) is 8.54. The summed E-state index contributed by atoms with van der Waals surface area (Å²) in [6, 6.07) is 0. The summed E-state index contributed by atoms with van der Waals surface area (Å²) in [5, 5.41) is 0. The standard InChI is InChI=1S/C8H16O/c1-5-9-6-8(4)7(2)3/h5,7-8H,1,6H2,2-4H3. The summed E-state index contributed by atoms with van der Waals surface area (Å²) in [7, 11) is 0. The topological polar surface area (TPSA) is 9.23 Å². The van der Waals surface area contributed by atoms with E-state index in [2.05, 4.69) is 27.4 Å². The van der Waals surface area contributed by atoms with Gasteiger partial charge in [0, 0.05) is 0 Å². The van der Waals surface area contributed by atoms with Crippen LogP contribution in [0, 0.1) is 11.8 Å². The maximum atomic E-state index is 5.02. The van der Waals surface area contributed by atoms with Gasteiger partial charge in [0.1, 0.15) is 0 Å². The first-order chi connectivity index (χ1) is 4.18. The minimum atomic E-state index is 0.628. The van der Waals surface area contributed by atoms with E-state index in [4.69, 9.17) is 4.74 Å². The van der Waals surface area contributed by atoms with Crippen molar-refractivity contribution in [2.45, 2.75) is 20.8 Å². The summed E-state index contributed by atoms with van der Waals surface area (Å²) in [6.45, 7) is 10.8. The molecule has 54 valence electrons. The lowest BCUT2D eigenvalue weighted by Gasteiger charge is -2.13. The molecule has 0 heterocycles. The number of ether oxygens (including phenoxy) is 1. The molecule has 1 heteroatoms. The first-order valence-electron chi connectivity index (χ1n) is 3.41. The Kier molecular flexibility index (Phi) is 4.20. The molecule has 1 atom stereocenters. The lowest BCUT2D eigenvalue weighted by atomic mass is 10.00. The van der Waals surface area contributed by atoms with Gasteiger partial charge in [0.05, 0.1) is 12.9 Å². The maximum absolute atomic E-state index is 5.02. The summed E-state index contributed by atoms with van der Waals surface area (Å²) in [5.74, 6) is 1.33. The van der Waals surface area contributed by atoms with Gasteiger partial charge in [-0.25, -0.2) is 0 Å². The Morgan fingerprint density at radius 3 is 2.33 bits per heavy atom. The van der Waals surface area contributed by atoms with Crippen molar-refractivity contribution in [2.24, 2.45) is 11.8 Å². The number of hydrogen-bond donors (Lipinski definition) is 0. The van der Waals surface area contributed by atoms with Crippen LogP contribution >= 0.6 is 0 Å². The molecule has 0 saturated heterocycles. The summed E-state index contributed by atoms with van der Waals surface area (Å²) >= 11 is 0. The Labute approximate surface area is 57.7 Å². The Morgan fingerprint density at radius 1 is 1.44 bits per heavy atom. The molecule has 0 rings (SSSR count). The van der Waals surface area contributed by atoms with Crippen molar-refractivity contribution in [1.29, 1.82) is 0 Å². The Balaban J connectivity index is 3.26. The molecule has 0 saturated carbocycles. The second-order valence-electron chi connectivity index (χ2n) is 2.72. The molecular weight excluding hydrogens is 112 g/mol. The molecule has 0 aromatic carbocycles. The Bertz CT molecular complexity index is 76.6. The van der Waals surface area contributed by atoms with E-state index >= 15 is 0 Å². The second kappa shape index (κ2) is 4.42. The van der Waals surface area contributed by atoms with E-state index in [0.29, 0.717) is 11.8 Å². The van der Waals surface area contributed by atoms with Crippen LogP contribution in [0.1, 0.15) is 20.8 Å². The fourth-order valence-electron chi connectivity index (χ4n) is 0.412. The van der Waals surface area contributed by atoms with E-state index in [1.165, 1.54) is 6.26 Å². The maximum Gasteiger partial charge on any atom is 0.0900 e. The Morgan fingerprint density at radius 2 is 2.00 bits per heavy atom. The molecule has 0 amide bonds. The van der Waals surface area contributed by atoms with Gasteiger partial charge in [-0.3, -0.25) is 0 Å². The molecule has 0 aromatic rings. The normalized spacial score (nSPS) is 13.3. The van der Waals surface area contributed by atoms with Gasteiger partial charge in [-0.1, -0.05) is 27.4 Å². The highest BCUT2D eigenvalue weighted by molar-refractivity contribution is 4.58. The molecule has 0 spiro atoms. The van der Waals surface area contributed by atoms with Crippen molar-refractivity contribution in [3.05, 3.63) is 12.8 Å². The van der Waals surface area contributed by atoms with Crippen molar-refractivity contribution in [1.82, 2.24) is 0 Å². The van der Waals surface area contributed by atoms with Gasteiger partial charge in [-0.15, -0.1) is 0 Å². The van der Waals surface area contributed by atoms with E-state index < -0.39 is 0 Å². The van der Waals surface area contributed by atoms with Crippen LogP contribution in [0.25, 0.3) is 0 Å². The molecule has 0 bridgehead atoms.